The summed E-state index contributed by atoms with van der Waals surface area (Å²) in [6, 6.07) is 5.72. The van der Waals surface area contributed by atoms with Crippen LogP contribution in [0.15, 0.2) is 30.0 Å². The number of halogens is 2. The highest BCUT2D eigenvalue weighted by Crippen LogP contribution is 2.34. The van der Waals surface area contributed by atoms with E-state index in [1.165, 1.54) is 0 Å². The van der Waals surface area contributed by atoms with Crippen molar-refractivity contribution in [1.29, 1.82) is 0 Å². The van der Waals surface area contributed by atoms with E-state index in [4.69, 9.17) is 27.9 Å². The molecule has 0 aromatic heterocycles. The van der Waals surface area contributed by atoms with Crippen LogP contribution in [0.2, 0.25) is 10.0 Å². The molecule has 0 saturated carbocycles. The van der Waals surface area contributed by atoms with Gasteiger partial charge < -0.3 is 10.1 Å². The van der Waals surface area contributed by atoms with E-state index >= 15 is 0 Å². The first-order chi connectivity index (χ1) is 9.24. The fraction of sp³-hybridized carbons (Fsp3) is 0.467. The molecule has 0 spiro atoms. The molecule has 104 valence electrons. The highest BCUT2D eigenvalue weighted by Gasteiger charge is 2.22. The molecule has 1 aromatic rings. The third-order valence-corrected chi connectivity index (χ3v) is 3.97. The molecule has 0 saturated heterocycles. The van der Waals surface area contributed by atoms with Crippen molar-refractivity contribution in [3.05, 3.63) is 45.6 Å². The van der Waals surface area contributed by atoms with Crippen molar-refractivity contribution in [3.63, 3.8) is 0 Å². The first-order valence-corrected chi connectivity index (χ1v) is 7.49. The Labute approximate surface area is 124 Å². The number of hydrogen-bond acceptors (Lipinski definition) is 2. The van der Waals surface area contributed by atoms with Crippen LogP contribution in [-0.4, -0.2) is 13.2 Å². The minimum atomic E-state index is -0.00792. The lowest BCUT2D eigenvalue weighted by Crippen LogP contribution is -2.26. The predicted molar refractivity (Wildman–Crippen MR) is 80.8 cm³/mol. The normalized spacial score (nSPS) is 16.7. The summed E-state index contributed by atoms with van der Waals surface area (Å²) in [7, 11) is 0. The Kier molecular flexibility index (Phi) is 5.56. The monoisotopic (exact) mass is 299 g/mol. The van der Waals surface area contributed by atoms with E-state index in [-0.39, 0.29) is 6.04 Å². The van der Waals surface area contributed by atoms with Crippen molar-refractivity contribution < 1.29 is 4.74 Å². The predicted octanol–water partition coefficient (Wildman–Crippen LogP) is 4.73. The van der Waals surface area contributed by atoms with Crippen LogP contribution in [0.1, 0.15) is 37.8 Å². The molecule has 1 aromatic carbocycles. The van der Waals surface area contributed by atoms with E-state index < -0.39 is 0 Å². The molecule has 1 N–H and O–H groups in total. The first-order valence-electron chi connectivity index (χ1n) is 6.74. The molecular formula is C15H19Cl2NO. The molecule has 0 amide bonds. The van der Waals surface area contributed by atoms with Gasteiger partial charge in [-0.25, -0.2) is 0 Å². The SMILES string of the molecule is CCCNC(C1=CCCCO1)c1cccc(Cl)c1Cl. The number of nitrogens with one attached hydrogen (secondary N) is 1. The van der Waals surface area contributed by atoms with Crippen LogP contribution >= 0.6 is 23.2 Å². The van der Waals surface area contributed by atoms with Crippen molar-refractivity contribution in [2.75, 3.05) is 13.2 Å². The molecule has 1 unspecified atom stereocenters. The highest BCUT2D eigenvalue weighted by molar-refractivity contribution is 6.42. The highest BCUT2D eigenvalue weighted by atomic mass is 35.5. The van der Waals surface area contributed by atoms with Crippen LogP contribution in [0.3, 0.4) is 0 Å². The van der Waals surface area contributed by atoms with E-state index in [9.17, 15) is 0 Å². The van der Waals surface area contributed by atoms with E-state index in [0.717, 1.165) is 43.7 Å². The molecule has 19 heavy (non-hydrogen) atoms. The van der Waals surface area contributed by atoms with Crippen molar-refractivity contribution in [3.8, 4) is 0 Å². The Balaban J connectivity index is 2.30. The van der Waals surface area contributed by atoms with Gasteiger partial charge in [-0.3, -0.25) is 0 Å². The van der Waals surface area contributed by atoms with Gasteiger partial charge in [0.05, 0.1) is 22.7 Å². The van der Waals surface area contributed by atoms with E-state index in [1.807, 2.05) is 12.1 Å². The summed E-state index contributed by atoms with van der Waals surface area (Å²) in [6.07, 6.45) is 5.33. The maximum atomic E-state index is 6.33. The molecule has 0 bridgehead atoms. The summed E-state index contributed by atoms with van der Waals surface area (Å²) in [5.74, 6) is 0.962. The van der Waals surface area contributed by atoms with Gasteiger partial charge in [0.2, 0.25) is 0 Å². The molecule has 0 radical (unpaired) electrons. The lowest BCUT2D eigenvalue weighted by atomic mass is 10.0. The molecule has 1 aliphatic rings. The second-order valence-corrected chi connectivity index (χ2v) is 5.41. The number of rotatable bonds is 5. The van der Waals surface area contributed by atoms with Gasteiger partial charge in [-0.15, -0.1) is 0 Å². The fourth-order valence-electron chi connectivity index (χ4n) is 2.17. The van der Waals surface area contributed by atoms with Crippen LogP contribution < -0.4 is 5.32 Å². The minimum absolute atomic E-state index is 0.00792. The molecule has 1 atom stereocenters. The van der Waals surface area contributed by atoms with Gasteiger partial charge >= 0.3 is 0 Å². The second-order valence-electron chi connectivity index (χ2n) is 4.63. The van der Waals surface area contributed by atoms with Gasteiger partial charge in [0.25, 0.3) is 0 Å². The Morgan fingerprint density at radius 1 is 1.37 bits per heavy atom. The summed E-state index contributed by atoms with van der Waals surface area (Å²) in [5, 5.41) is 4.67. The molecular weight excluding hydrogens is 281 g/mol. The number of ether oxygens (including phenoxy) is 1. The Morgan fingerprint density at radius 2 is 2.21 bits per heavy atom. The van der Waals surface area contributed by atoms with Crippen molar-refractivity contribution in [2.45, 2.75) is 32.2 Å². The summed E-state index contributed by atoms with van der Waals surface area (Å²) < 4.78 is 5.78. The average Bonchev–Trinajstić information content (AvgIpc) is 2.45. The van der Waals surface area contributed by atoms with Crippen molar-refractivity contribution in [2.24, 2.45) is 0 Å². The molecule has 0 aliphatic carbocycles. The summed E-state index contributed by atoms with van der Waals surface area (Å²) in [4.78, 5) is 0. The topological polar surface area (TPSA) is 21.3 Å². The third-order valence-electron chi connectivity index (χ3n) is 3.14. The second kappa shape index (κ2) is 7.18. The van der Waals surface area contributed by atoms with Gasteiger partial charge in [0.15, 0.2) is 0 Å². The largest absolute Gasteiger partial charge is 0.496 e. The van der Waals surface area contributed by atoms with Gasteiger partial charge in [-0.05, 0) is 43.5 Å². The third kappa shape index (κ3) is 3.65. The van der Waals surface area contributed by atoms with Gasteiger partial charge in [-0.2, -0.15) is 0 Å². The molecule has 2 rings (SSSR count). The van der Waals surface area contributed by atoms with Crippen LogP contribution in [0.5, 0.6) is 0 Å². The maximum absolute atomic E-state index is 6.33. The van der Waals surface area contributed by atoms with Crippen molar-refractivity contribution >= 4 is 23.2 Å². The number of hydrogen-bond donors (Lipinski definition) is 1. The Bertz CT molecular complexity index is 459. The van der Waals surface area contributed by atoms with Gasteiger partial charge in [-0.1, -0.05) is 42.3 Å². The summed E-state index contributed by atoms with van der Waals surface area (Å²) >= 11 is 12.4. The fourth-order valence-corrected chi connectivity index (χ4v) is 2.59. The lowest BCUT2D eigenvalue weighted by Gasteiger charge is -2.26. The lowest BCUT2D eigenvalue weighted by molar-refractivity contribution is 0.167. The zero-order chi connectivity index (χ0) is 13.7. The van der Waals surface area contributed by atoms with E-state index in [1.54, 1.807) is 6.07 Å². The van der Waals surface area contributed by atoms with Gasteiger partial charge in [0.1, 0.15) is 5.76 Å². The number of allylic oxidation sites excluding steroid dienone is 1. The molecule has 1 aliphatic heterocycles. The average molecular weight is 300 g/mol. The summed E-state index contributed by atoms with van der Waals surface area (Å²) in [6.45, 7) is 3.82. The molecule has 4 heteroatoms. The van der Waals surface area contributed by atoms with Crippen LogP contribution in [-0.2, 0) is 4.74 Å². The van der Waals surface area contributed by atoms with E-state index in [2.05, 4.69) is 18.3 Å². The quantitative estimate of drug-likeness (QED) is 0.849. The standard InChI is InChI=1S/C15H19Cl2NO/c1-2-9-18-15(13-8-3-4-10-19-13)11-6-5-7-12(16)14(11)17/h5-8,15,18H,2-4,9-10H2,1H3. The van der Waals surface area contributed by atoms with Crippen molar-refractivity contribution in [1.82, 2.24) is 5.32 Å². The molecule has 2 nitrogen and oxygen atoms in total. The van der Waals surface area contributed by atoms with E-state index in [0.29, 0.717) is 10.0 Å². The first kappa shape index (κ1) is 14.7. The van der Waals surface area contributed by atoms with Crippen LogP contribution in [0, 0.1) is 0 Å². The summed E-state index contributed by atoms with van der Waals surface area (Å²) in [5.41, 5.74) is 0.982. The smallest absolute Gasteiger partial charge is 0.113 e. The van der Waals surface area contributed by atoms with Gasteiger partial charge in [0, 0.05) is 0 Å². The minimum Gasteiger partial charge on any atom is -0.496 e. The molecule has 1 heterocycles. The molecule has 0 fully saturated rings. The maximum Gasteiger partial charge on any atom is 0.113 e. The van der Waals surface area contributed by atoms with Crippen LogP contribution in [0.25, 0.3) is 0 Å². The zero-order valence-corrected chi connectivity index (χ0v) is 12.6. The Hall–Kier alpha value is -0.700. The zero-order valence-electron chi connectivity index (χ0n) is 11.1. The Morgan fingerprint density at radius 3 is 2.89 bits per heavy atom. The number of benzene rings is 1. The van der Waals surface area contributed by atoms with Crippen LogP contribution in [0.4, 0.5) is 0 Å².